The molecule has 1 aliphatic carbocycles. The van der Waals surface area contributed by atoms with E-state index in [1.54, 1.807) is 14.2 Å². The minimum atomic E-state index is 0.643. The molecule has 0 amide bonds. The quantitative estimate of drug-likeness (QED) is 0.584. The van der Waals surface area contributed by atoms with Crippen molar-refractivity contribution >= 4 is 22.4 Å². The van der Waals surface area contributed by atoms with Gasteiger partial charge in [0.25, 0.3) is 0 Å². The molecule has 0 aliphatic heterocycles. The summed E-state index contributed by atoms with van der Waals surface area (Å²) in [5, 5.41) is 4.23. The molecule has 0 unspecified atom stereocenters. The number of benzene rings is 2. The highest BCUT2D eigenvalue weighted by Crippen LogP contribution is 2.34. The minimum absolute atomic E-state index is 0.643. The Labute approximate surface area is 171 Å². The highest BCUT2D eigenvalue weighted by atomic mass is 16.5. The fourth-order valence-electron chi connectivity index (χ4n) is 3.82. The first-order chi connectivity index (χ1) is 14.3. The van der Waals surface area contributed by atoms with Gasteiger partial charge in [0.1, 0.15) is 17.9 Å². The summed E-state index contributed by atoms with van der Waals surface area (Å²) in [7, 11) is 3.23. The number of aromatic nitrogens is 2. The number of rotatable bonds is 7. The number of hydrogen-bond donors (Lipinski definition) is 1. The first-order valence-corrected chi connectivity index (χ1v) is 10.1. The molecule has 1 aromatic heterocycles. The van der Waals surface area contributed by atoms with Crippen molar-refractivity contribution < 1.29 is 14.2 Å². The zero-order valence-electron chi connectivity index (χ0n) is 17.0. The second-order valence-corrected chi connectivity index (χ2v) is 7.41. The molecule has 3 aromatic rings. The normalized spacial score (nSPS) is 14.6. The van der Waals surface area contributed by atoms with Gasteiger partial charge in [-0.1, -0.05) is 19.3 Å². The summed E-state index contributed by atoms with van der Waals surface area (Å²) in [5.41, 5.74) is 1.72. The van der Waals surface area contributed by atoms with E-state index in [1.807, 2.05) is 36.4 Å². The van der Waals surface area contributed by atoms with E-state index in [2.05, 4.69) is 15.3 Å². The van der Waals surface area contributed by atoms with Gasteiger partial charge in [-0.2, -0.15) is 0 Å². The zero-order valence-corrected chi connectivity index (χ0v) is 17.0. The standard InChI is InChI=1S/C23H27N3O3/c1-27-21-12-19-20(13-22(21)28-2)24-15-25-23(19)26-17-8-10-18(11-9-17)29-14-16-6-4-3-5-7-16/h8-13,15-16H,3-7,14H2,1-2H3,(H,24,25,26). The van der Waals surface area contributed by atoms with Crippen molar-refractivity contribution in [3.8, 4) is 17.2 Å². The number of ether oxygens (including phenoxy) is 3. The number of fused-ring (bicyclic) bond motifs is 1. The van der Waals surface area contributed by atoms with Crippen molar-refractivity contribution in [1.29, 1.82) is 0 Å². The maximum Gasteiger partial charge on any atom is 0.162 e. The number of methoxy groups -OCH3 is 2. The first kappa shape index (κ1) is 19.3. The molecule has 1 aliphatic rings. The van der Waals surface area contributed by atoms with Crippen molar-refractivity contribution in [2.75, 3.05) is 26.1 Å². The van der Waals surface area contributed by atoms with Crippen molar-refractivity contribution in [1.82, 2.24) is 9.97 Å². The molecule has 0 radical (unpaired) electrons. The Kier molecular flexibility index (Phi) is 5.98. The van der Waals surface area contributed by atoms with E-state index in [9.17, 15) is 0 Å². The molecule has 0 saturated heterocycles. The molecular weight excluding hydrogens is 366 g/mol. The van der Waals surface area contributed by atoms with Crippen LogP contribution in [0.5, 0.6) is 17.2 Å². The van der Waals surface area contributed by atoms with Crippen molar-refractivity contribution in [3.63, 3.8) is 0 Å². The third-order valence-corrected chi connectivity index (χ3v) is 5.47. The average Bonchev–Trinajstić information content (AvgIpc) is 2.78. The largest absolute Gasteiger partial charge is 0.493 e. The Morgan fingerprint density at radius 2 is 1.66 bits per heavy atom. The van der Waals surface area contributed by atoms with Gasteiger partial charge in [0.05, 0.1) is 26.3 Å². The van der Waals surface area contributed by atoms with Gasteiger partial charge in [-0.15, -0.1) is 0 Å². The van der Waals surface area contributed by atoms with Crippen LogP contribution >= 0.6 is 0 Å². The van der Waals surface area contributed by atoms with Gasteiger partial charge < -0.3 is 19.5 Å². The van der Waals surface area contributed by atoms with Gasteiger partial charge in [0.2, 0.25) is 0 Å². The average molecular weight is 393 g/mol. The fourth-order valence-corrected chi connectivity index (χ4v) is 3.82. The lowest BCUT2D eigenvalue weighted by Crippen LogP contribution is -2.15. The van der Waals surface area contributed by atoms with E-state index in [4.69, 9.17) is 14.2 Å². The van der Waals surface area contributed by atoms with Crippen LogP contribution in [0.25, 0.3) is 10.9 Å². The second-order valence-electron chi connectivity index (χ2n) is 7.41. The summed E-state index contributed by atoms with van der Waals surface area (Å²) in [6.07, 6.45) is 8.15. The second kappa shape index (κ2) is 8.99. The zero-order chi connectivity index (χ0) is 20.1. The molecule has 1 saturated carbocycles. The van der Waals surface area contributed by atoms with E-state index in [-0.39, 0.29) is 0 Å². The minimum Gasteiger partial charge on any atom is -0.493 e. The summed E-state index contributed by atoms with van der Waals surface area (Å²) in [6.45, 7) is 0.810. The first-order valence-electron chi connectivity index (χ1n) is 10.1. The molecule has 152 valence electrons. The maximum atomic E-state index is 5.99. The Morgan fingerprint density at radius 1 is 0.931 bits per heavy atom. The number of hydrogen-bond acceptors (Lipinski definition) is 6. The smallest absolute Gasteiger partial charge is 0.162 e. The molecule has 0 bridgehead atoms. The number of anilines is 2. The maximum absolute atomic E-state index is 5.99. The van der Waals surface area contributed by atoms with E-state index in [1.165, 1.54) is 38.4 Å². The predicted octanol–water partition coefficient (Wildman–Crippen LogP) is 5.35. The summed E-state index contributed by atoms with van der Waals surface area (Å²) in [4.78, 5) is 8.75. The summed E-state index contributed by atoms with van der Waals surface area (Å²) in [6, 6.07) is 11.7. The fraction of sp³-hybridized carbons (Fsp3) is 0.391. The predicted molar refractivity (Wildman–Crippen MR) is 114 cm³/mol. The molecule has 0 atom stereocenters. The van der Waals surface area contributed by atoms with Crippen molar-refractivity contribution in [2.24, 2.45) is 5.92 Å². The van der Waals surface area contributed by atoms with Gasteiger partial charge in [0, 0.05) is 17.1 Å². The van der Waals surface area contributed by atoms with Crippen LogP contribution in [-0.4, -0.2) is 30.8 Å². The molecule has 1 N–H and O–H groups in total. The van der Waals surface area contributed by atoms with E-state index >= 15 is 0 Å². The Hall–Kier alpha value is -3.02. The highest BCUT2D eigenvalue weighted by Gasteiger charge is 2.14. The van der Waals surface area contributed by atoms with E-state index < -0.39 is 0 Å². The third kappa shape index (κ3) is 4.53. The lowest BCUT2D eigenvalue weighted by atomic mass is 9.90. The Bertz CT molecular complexity index is 953. The van der Waals surface area contributed by atoms with Crippen molar-refractivity contribution in [2.45, 2.75) is 32.1 Å². The molecule has 6 heteroatoms. The van der Waals surface area contributed by atoms with E-state index in [0.29, 0.717) is 23.2 Å². The van der Waals surface area contributed by atoms with Crippen LogP contribution in [-0.2, 0) is 0 Å². The van der Waals surface area contributed by atoms with Gasteiger partial charge in [0.15, 0.2) is 11.5 Å². The molecular formula is C23H27N3O3. The van der Waals surface area contributed by atoms with Crippen molar-refractivity contribution in [3.05, 3.63) is 42.7 Å². The topological polar surface area (TPSA) is 65.5 Å². The Morgan fingerprint density at radius 3 is 2.38 bits per heavy atom. The molecule has 0 spiro atoms. The highest BCUT2D eigenvalue weighted by molar-refractivity contribution is 5.93. The monoisotopic (exact) mass is 393 g/mol. The van der Waals surface area contributed by atoms with Crippen LogP contribution < -0.4 is 19.5 Å². The number of nitrogens with zero attached hydrogens (tertiary/aromatic N) is 2. The molecule has 2 aromatic carbocycles. The SMILES string of the molecule is COc1cc2ncnc(Nc3ccc(OCC4CCCCC4)cc3)c2cc1OC. The van der Waals surface area contributed by atoms with Crippen LogP contribution in [0.3, 0.4) is 0 Å². The lowest BCUT2D eigenvalue weighted by Gasteiger charge is -2.21. The molecule has 1 heterocycles. The molecule has 4 rings (SSSR count). The van der Waals surface area contributed by atoms with E-state index in [0.717, 1.165) is 28.9 Å². The third-order valence-electron chi connectivity index (χ3n) is 5.47. The van der Waals surface area contributed by atoms with Gasteiger partial charge >= 0.3 is 0 Å². The van der Waals surface area contributed by atoms with Crippen LogP contribution in [0, 0.1) is 5.92 Å². The molecule has 1 fully saturated rings. The van der Waals surface area contributed by atoms with Crippen LogP contribution in [0.1, 0.15) is 32.1 Å². The van der Waals surface area contributed by atoms with Crippen LogP contribution in [0.15, 0.2) is 42.7 Å². The van der Waals surface area contributed by atoms with Crippen LogP contribution in [0.4, 0.5) is 11.5 Å². The summed E-state index contributed by atoms with van der Waals surface area (Å²) in [5.74, 6) is 3.60. The number of nitrogens with one attached hydrogen (secondary N) is 1. The van der Waals surface area contributed by atoms with Gasteiger partial charge in [-0.25, -0.2) is 9.97 Å². The molecule has 29 heavy (non-hydrogen) atoms. The van der Waals surface area contributed by atoms with Gasteiger partial charge in [-0.05, 0) is 49.1 Å². The summed E-state index contributed by atoms with van der Waals surface area (Å²) >= 11 is 0. The Balaban J connectivity index is 1.48. The molecule has 6 nitrogen and oxygen atoms in total. The van der Waals surface area contributed by atoms with Crippen LogP contribution in [0.2, 0.25) is 0 Å². The summed E-state index contributed by atoms with van der Waals surface area (Å²) < 4.78 is 16.8. The lowest BCUT2D eigenvalue weighted by molar-refractivity contribution is 0.209. The van der Waals surface area contributed by atoms with Gasteiger partial charge in [-0.3, -0.25) is 0 Å².